The first-order valence-electron chi connectivity index (χ1n) is 7.33. The van der Waals surface area contributed by atoms with E-state index in [0.29, 0.717) is 30.3 Å². The van der Waals surface area contributed by atoms with E-state index in [1.165, 1.54) is 30.5 Å². The number of amides is 1. The van der Waals surface area contributed by atoms with Crippen LogP contribution in [0.25, 0.3) is 0 Å². The van der Waals surface area contributed by atoms with Crippen LogP contribution in [-0.4, -0.2) is 41.6 Å². The summed E-state index contributed by atoms with van der Waals surface area (Å²) >= 11 is 0. The third kappa shape index (κ3) is 3.79. The molecule has 1 fully saturated rings. The van der Waals surface area contributed by atoms with Gasteiger partial charge in [-0.2, -0.15) is 5.26 Å². The van der Waals surface area contributed by atoms with Crippen LogP contribution in [0.15, 0.2) is 42.6 Å². The van der Waals surface area contributed by atoms with Crippen LogP contribution in [-0.2, 0) is 4.79 Å². The van der Waals surface area contributed by atoms with Gasteiger partial charge in [0.2, 0.25) is 5.88 Å². The number of aromatic nitrogens is 1. The Hall–Kier alpha value is -3.14. The molecule has 3 rings (SSSR count). The summed E-state index contributed by atoms with van der Waals surface area (Å²) in [5.74, 6) is 0.285. The standard InChI is InChI=1S/C17H14FN3O3/c18-13-1-3-14(4-2-13)23-11-17(22)21-9-15(10-21)24-16-7-12(8-19)5-6-20-16/h1-7,15H,9-11H2. The molecule has 0 atom stereocenters. The van der Waals surface area contributed by atoms with E-state index in [0.717, 1.165) is 0 Å². The number of nitrogens with zero attached hydrogens (tertiary/aromatic N) is 3. The van der Waals surface area contributed by atoms with Crippen molar-refractivity contribution < 1.29 is 18.7 Å². The number of likely N-dealkylation sites (tertiary alicyclic amines) is 1. The molecule has 1 amide bonds. The monoisotopic (exact) mass is 327 g/mol. The molecule has 1 saturated heterocycles. The van der Waals surface area contributed by atoms with Gasteiger partial charge >= 0.3 is 0 Å². The van der Waals surface area contributed by atoms with Crippen LogP contribution in [0.2, 0.25) is 0 Å². The maximum absolute atomic E-state index is 12.8. The number of carbonyl (C=O) groups excluding carboxylic acids is 1. The fourth-order valence-electron chi connectivity index (χ4n) is 2.20. The summed E-state index contributed by atoms with van der Waals surface area (Å²) < 4.78 is 23.7. The maximum atomic E-state index is 12.8. The number of carbonyl (C=O) groups is 1. The average Bonchev–Trinajstić information content (AvgIpc) is 2.57. The lowest BCUT2D eigenvalue weighted by molar-refractivity contribution is -0.142. The molecule has 0 aliphatic carbocycles. The molecule has 7 heteroatoms. The van der Waals surface area contributed by atoms with Crippen LogP contribution in [0.5, 0.6) is 11.6 Å². The highest BCUT2D eigenvalue weighted by Gasteiger charge is 2.32. The quantitative estimate of drug-likeness (QED) is 0.836. The molecule has 0 unspecified atom stereocenters. The van der Waals surface area contributed by atoms with Crippen molar-refractivity contribution in [2.24, 2.45) is 0 Å². The molecule has 0 spiro atoms. The van der Waals surface area contributed by atoms with Gasteiger partial charge in [-0.05, 0) is 30.3 Å². The van der Waals surface area contributed by atoms with Crippen LogP contribution in [0.3, 0.4) is 0 Å². The van der Waals surface area contributed by atoms with Crippen LogP contribution in [0.4, 0.5) is 4.39 Å². The zero-order chi connectivity index (χ0) is 16.9. The molecule has 1 aliphatic heterocycles. The molecule has 1 aliphatic rings. The molecule has 0 N–H and O–H groups in total. The number of ether oxygens (including phenoxy) is 2. The van der Waals surface area contributed by atoms with Gasteiger partial charge in [0.05, 0.1) is 24.7 Å². The Balaban J connectivity index is 1.43. The topological polar surface area (TPSA) is 75.5 Å². The highest BCUT2D eigenvalue weighted by atomic mass is 19.1. The summed E-state index contributed by atoms with van der Waals surface area (Å²) in [6.45, 7) is 0.759. The zero-order valence-corrected chi connectivity index (χ0v) is 12.7. The molecule has 0 radical (unpaired) electrons. The van der Waals surface area contributed by atoms with Gasteiger partial charge in [-0.15, -0.1) is 0 Å². The van der Waals surface area contributed by atoms with Gasteiger partial charge in [0.15, 0.2) is 6.61 Å². The van der Waals surface area contributed by atoms with E-state index in [4.69, 9.17) is 14.7 Å². The number of hydrogen-bond acceptors (Lipinski definition) is 5. The molecule has 122 valence electrons. The molecule has 1 aromatic carbocycles. The predicted octanol–water partition coefficient (Wildman–Crippen LogP) is 1.76. The van der Waals surface area contributed by atoms with Gasteiger partial charge in [-0.1, -0.05) is 0 Å². The average molecular weight is 327 g/mol. The van der Waals surface area contributed by atoms with Crippen molar-refractivity contribution in [2.45, 2.75) is 6.10 Å². The number of rotatable bonds is 5. The van der Waals surface area contributed by atoms with Gasteiger partial charge < -0.3 is 14.4 Å². The maximum Gasteiger partial charge on any atom is 0.260 e. The van der Waals surface area contributed by atoms with Gasteiger partial charge in [0.1, 0.15) is 17.7 Å². The van der Waals surface area contributed by atoms with Crippen LogP contribution in [0.1, 0.15) is 5.56 Å². The Kier molecular flexibility index (Phi) is 4.57. The van der Waals surface area contributed by atoms with Gasteiger partial charge in [0, 0.05) is 12.3 Å². The zero-order valence-electron chi connectivity index (χ0n) is 12.7. The Bertz CT molecular complexity index is 767. The first-order valence-corrected chi connectivity index (χ1v) is 7.33. The molecule has 2 aromatic rings. The summed E-state index contributed by atoms with van der Waals surface area (Å²) in [7, 11) is 0. The van der Waals surface area contributed by atoms with Gasteiger partial charge in [0.25, 0.3) is 5.91 Å². The van der Waals surface area contributed by atoms with Crippen molar-refractivity contribution in [3.8, 4) is 17.7 Å². The molecular formula is C17H14FN3O3. The van der Waals surface area contributed by atoms with Crippen molar-refractivity contribution in [1.29, 1.82) is 5.26 Å². The molecule has 6 nitrogen and oxygen atoms in total. The summed E-state index contributed by atoms with van der Waals surface area (Å²) in [5, 5.41) is 8.83. The molecule has 2 heterocycles. The summed E-state index contributed by atoms with van der Waals surface area (Å²) in [6, 6.07) is 10.7. The summed E-state index contributed by atoms with van der Waals surface area (Å²) in [4.78, 5) is 17.6. The Morgan fingerprint density at radius 1 is 1.33 bits per heavy atom. The molecule has 24 heavy (non-hydrogen) atoms. The highest BCUT2D eigenvalue weighted by molar-refractivity contribution is 5.78. The molecule has 0 saturated carbocycles. The van der Waals surface area contributed by atoms with E-state index in [2.05, 4.69) is 4.98 Å². The second kappa shape index (κ2) is 6.96. The van der Waals surface area contributed by atoms with Gasteiger partial charge in [-0.3, -0.25) is 4.79 Å². The third-order valence-electron chi connectivity index (χ3n) is 3.53. The summed E-state index contributed by atoms with van der Waals surface area (Å²) in [5.41, 5.74) is 0.472. The van der Waals surface area contributed by atoms with E-state index in [1.54, 1.807) is 17.0 Å². The van der Waals surface area contributed by atoms with E-state index in [-0.39, 0.29) is 24.4 Å². The van der Waals surface area contributed by atoms with E-state index >= 15 is 0 Å². The number of benzene rings is 1. The Labute approximate surface area is 138 Å². The van der Waals surface area contributed by atoms with Crippen molar-refractivity contribution in [3.05, 3.63) is 54.0 Å². The largest absolute Gasteiger partial charge is 0.484 e. The highest BCUT2D eigenvalue weighted by Crippen LogP contribution is 2.17. The van der Waals surface area contributed by atoms with Crippen LogP contribution in [0, 0.1) is 17.1 Å². The van der Waals surface area contributed by atoms with E-state index < -0.39 is 0 Å². The second-order valence-corrected chi connectivity index (χ2v) is 5.28. The van der Waals surface area contributed by atoms with Crippen molar-refractivity contribution >= 4 is 5.91 Å². The predicted molar refractivity (Wildman–Crippen MR) is 81.8 cm³/mol. The van der Waals surface area contributed by atoms with Crippen LogP contribution >= 0.6 is 0 Å². The second-order valence-electron chi connectivity index (χ2n) is 5.28. The normalized spacial score (nSPS) is 13.8. The van der Waals surface area contributed by atoms with Crippen molar-refractivity contribution in [1.82, 2.24) is 9.88 Å². The Morgan fingerprint density at radius 3 is 2.79 bits per heavy atom. The number of pyridine rings is 1. The molecule has 1 aromatic heterocycles. The van der Waals surface area contributed by atoms with E-state index in [1.807, 2.05) is 6.07 Å². The SMILES string of the molecule is N#Cc1ccnc(OC2CN(C(=O)COc3ccc(F)cc3)C2)c1. The van der Waals surface area contributed by atoms with E-state index in [9.17, 15) is 9.18 Å². The van der Waals surface area contributed by atoms with Gasteiger partial charge in [-0.25, -0.2) is 9.37 Å². The lowest BCUT2D eigenvalue weighted by Gasteiger charge is -2.38. The first kappa shape index (κ1) is 15.7. The smallest absolute Gasteiger partial charge is 0.260 e. The molecular weight excluding hydrogens is 313 g/mol. The minimum absolute atomic E-state index is 0.111. The van der Waals surface area contributed by atoms with Crippen molar-refractivity contribution in [2.75, 3.05) is 19.7 Å². The fourth-order valence-corrected chi connectivity index (χ4v) is 2.20. The summed E-state index contributed by atoms with van der Waals surface area (Å²) in [6.07, 6.45) is 1.35. The lowest BCUT2D eigenvalue weighted by atomic mass is 10.1. The minimum atomic E-state index is -0.356. The fraction of sp³-hybridized carbons (Fsp3) is 0.235. The number of nitriles is 1. The lowest BCUT2D eigenvalue weighted by Crippen LogP contribution is -2.57. The Morgan fingerprint density at radius 2 is 2.08 bits per heavy atom. The van der Waals surface area contributed by atoms with Crippen molar-refractivity contribution in [3.63, 3.8) is 0 Å². The number of halogens is 1. The molecule has 0 bridgehead atoms. The van der Waals surface area contributed by atoms with Crippen LogP contribution < -0.4 is 9.47 Å². The third-order valence-corrected chi connectivity index (χ3v) is 3.53. The first-order chi connectivity index (χ1) is 11.6. The minimum Gasteiger partial charge on any atom is -0.484 e. The number of hydrogen-bond donors (Lipinski definition) is 0.